The molecule has 0 rings (SSSR count). The lowest BCUT2D eigenvalue weighted by Gasteiger charge is -2.26. The van der Waals surface area contributed by atoms with Crippen molar-refractivity contribution in [2.75, 3.05) is 33.3 Å². The molecule has 0 bridgehead atoms. The normalized spacial score (nSPS) is 14.4. The van der Waals surface area contributed by atoms with E-state index >= 15 is 0 Å². The van der Waals surface area contributed by atoms with E-state index in [4.69, 9.17) is 4.74 Å². The van der Waals surface area contributed by atoms with Gasteiger partial charge in [-0.25, -0.2) is 0 Å². The van der Waals surface area contributed by atoms with E-state index in [1.165, 1.54) is 21.0 Å². The fourth-order valence-electron chi connectivity index (χ4n) is 2.19. The lowest BCUT2D eigenvalue weighted by Crippen LogP contribution is -2.52. The van der Waals surface area contributed by atoms with Crippen LogP contribution in [0.25, 0.3) is 0 Å². The molecule has 2 atom stereocenters. The maximum absolute atomic E-state index is 12.0. The Kier molecular flexibility index (Phi) is 11.8. The smallest absolute Gasteiger partial charge is 0.252 e. The van der Waals surface area contributed by atoms with Crippen molar-refractivity contribution in [1.82, 2.24) is 16.0 Å². The van der Waals surface area contributed by atoms with Crippen LogP contribution in [0, 0.1) is 0 Å². The largest absolute Gasteiger partial charge is 0.382 e. The molecule has 0 spiro atoms. The lowest BCUT2D eigenvalue weighted by molar-refractivity contribution is -0.156. The third-order valence-corrected chi connectivity index (χ3v) is 4.26. The van der Waals surface area contributed by atoms with E-state index in [1.807, 2.05) is 0 Å². The first-order valence-corrected chi connectivity index (χ1v) is 8.88. The number of carbonyl (C=O) groups excluding carboxylic acids is 2. The number of aliphatic hydroxyl groups excluding tert-OH is 2. The van der Waals surface area contributed by atoms with Crippen LogP contribution in [0.5, 0.6) is 0 Å². The predicted octanol–water partition coefficient (Wildman–Crippen LogP) is -0.814. The zero-order valence-corrected chi connectivity index (χ0v) is 16.1. The van der Waals surface area contributed by atoms with Gasteiger partial charge in [-0.3, -0.25) is 9.59 Å². The molecule has 0 fully saturated rings. The van der Waals surface area contributed by atoms with Crippen molar-refractivity contribution >= 4 is 11.7 Å². The molecule has 0 heterocycles. The van der Waals surface area contributed by atoms with Crippen molar-refractivity contribution in [3.05, 3.63) is 0 Å². The van der Waals surface area contributed by atoms with Gasteiger partial charge in [0.1, 0.15) is 5.60 Å². The highest BCUT2D eigenvalue weighted by molar-refractivity contribution is 5.96. The second kappa shape index (κ2) is 12.3. The molecule has 8 nitrogen and oxygen atoms in total. The number of carbonyl (C=O) groups is 2. The highest BCUT2D eigenvalue weighted by Gasteiger charge is 2.39. The Bertz CT molecular complexity index is 400. The molecule has 0 aromatic heterocycles. The molecule has 8 heteroatoms. The van der Waals surface area contributed by atoms with Crippen molar-refractivity contribution in [3.8, 4) is 0 Å². The summed E-state index contributed by atoms with van der Waals surface area (Å²) in [4.78, 5) is 23.8. The molecule has 25 heavy (non-hydrogen) atoms. The van der Waals surface area contributed by atoms with Crippen LogP contribution >= 0.6 is 0 Å². The summed E-state index contributed by atoms with van der Waals surface area (Å²) < 4.78 is 4.95. The van der Waals surface area contributed by atoms with Crippen molar-refractivity contribution in [3.63, 3.8) is 0 Å². The van der Waals surface area contributed by atoms with Crippen LogP contribution in [0.1, 0.15) is 40.5 Å². The summed E-state index contributed by atoms with van der Waals surface area (Å²) in [5, 5.41) is 28.7. The van der Waals surface area contributed by atoms with Gasteiger partial charge in [0.2, 0.25) is 0 Å². The first kappa shape index (κ1) is 23.9. The van der Waals surface area contributed by atoms with Crippen LogP contribution in [0.3, 0.4) is 0 Å². The van der Waals surface area contributed by atoms with Crippen LogP contribution in [-0.4, -0.2) is 79.0 Å². The third kappa shape index (κ3) is 8.73. The van der Waals surface area contributed by atoms with Crippen LogP contribution < -0.4 is 16.0 Å². The number of methoxy groups -OCH3 is 1. The highest BCUT2D eigenvalue weighted by atomic mass is 16.5. The molecule has 0 saturated carbocycles. The molecular weight excluding hydrogens is 326 g/mol. The Balaban J connectivity index is 4.00. The third-order valence-electron chi connectivity index (χ3n) is 4.26. The molecular formula is C17H35N3O5. The zero-order valence-electron chi connectivity index (χ0n) is 16.1. The first-order chi connectivity index (χ1) is 11.7. The average molecular weight is 361 g/mol. The Hall–Kier alpha value is -1.06. The summed E-state index contributed by atoms with van der Waals surface area (Å²) in [5.74, 6) is -1.53. The second-order valence-corrected chi connectivity index (χ2v) is 6.48. The number of rotatable bonds is 14. The fraction of sp³-hybridized carbons (Fsp3) is 0.882. The van der Waals surface area contributed by atoms with E-state index in [0.29, 0.717) is 12.6 Å². The molecule has 0 unspecified atom stereocenters. The monoisotopic (exact) mass is 361 g/mol. The van der Waals surface area contributed by atoms with E-state index in [1.54, 1.807) is 0 Å². The van der Waals surface area contributed by atoms with Crippen molar-refractivity contribution in [2.45, 2.75) is 64.4 Å². The van der Waals surface area contributed by atoms with E-state index in [-0.39, 0.29) is 6.54 Å². The van der Waals surface area contributed by atoms with Gasteiger partial charge in [-0.2, -0.15) is 0 Å². The van der Waals surface area contributed by atoms with Crippen molar-refractivity contribution in [2.24, 2.45) is 0 Å². The number of ether oxygens (including phenoxy) is 1. The molecule has 0 saturated heterocycles. The maximum atomic E-state index is 12.0. The summed E-state index contributed by atoms with van der Waals surface area (Å²) in [6, 6.07) is 0.520. The molecule has 0 aliphatic carbocycles. The van der Waals surface area contributed by atoms with Crippen LogP contribution in [0.2, 0.25) is 0 Å². The Morgan fingerprint density at radius 1 is 1.00 bits per heavy atom. The summed E-state index contributed by atoms with van der Waals surface area (Å²) in [7, 11) is 1.32. The van der Waals surface area contributed by atoms with Crippen molar-refractivity contribution in [1.29, 1.82) is 0 Å². The highest BCUT2D eigenvalue weighted by Crippen LogP contribution is 2.13. The second-order valence-electron chi connectivity index (χ2n) is 6.48. The number of amides is 1. The van der Waals surface area contributed by atoms with Crippen LogP contribution in [0.4, 0.5) is 0 Å². The molecule has 0 radical (unpaired) electrons. The quantitative estimate of drug-likeness (QED) is 0.257. The zero-order chi connectivity index (χ0) is 19.5. The predicted molar refractivity (Wildman–Crippen MR) is 96.4 cm³/mol. The maximum Gasteiger partial charge on any atom is 0.252 e. The van der Waals surface area contributed by atoms with E-state index < -0.39 is 29.5 Å². The van der Waals surface area contributed by atoms with Gasteiger partial charge in [-0.05, 0) is 26.7 Å². The number of hydrogen-bond acceptors (Lipinski definition) is 7. The van der Waals surface area contributed by atoms with Gasteiger partial charge in [0.05, 0.1) is 0 Å². The number of aliphatic hydroxyl groups is 2. The van der Waals surface area contributed by atoms with Gasteiger partial charge in [0, 0.05) is 39.3 Å². The van der Waals surface area contributed by atoms with Gasteiger partial charge >= 0.3 is 0 Å². The Morgan fingerprint density at radius 2 is 1.56 bits per heavy atom. The van der Waals surface area contributed by atoms with Gasteiger partial charge in [0.25, 0.3) is 5.91 Å². The first-order valence-electron chi connectivity index (χ1n) is 8.88. The minimum atomic E-state index is -1.83. The van der Waals surface area contributed by atoms with E-state index in [2.05, 4.69) is 29.8 Å². The number of ketones is 1. The van der Waals surface area contributed by atoms with Crippen LogP contribution in [-0.2, 0) is 14.3 Å². The minimum absolute atomic E-state index is 0.287. The molecule has 0 aromatic carbocycles. The summed E-state index contributed by atoms with van der Waals surface area (Å²) in [5.41, 5.74) is -1.27. The molecule has 148 valence electrons. The number of hydrogen-bond donors (Lipinski definition) is 5. The Morgan fingerprint density at radius 3 is 2.08 bits per heavy atom. The van der Waals surface area contributed by atoms with Gasteiger partial charge in [0.15, 0.2) is 18.0 Å². The molecule has 0 aromatic rings. The lowest BCUT2D eigenvalue weighted by atomic mass is 9.95. The standard InChI is InChI=1S/C17H35N3O5/c1-6-12(7-2)19-10-8-18-9-11-20-16(24)14(22)13(21)15(23)17(3,4)25-5/h12-14,18-19,21-22H,6-11H2,1-5H3,(H,20,24)/t13-,14-/m1/s1. The number of nitrogens with one attached hydrogen (secondary N) is 3. The van der Waals surface area contributed by atoms with Gasteiger partial charge < -0.3 is 30.9 Å². The number of Topliss-reactive ketones (excluding diaryl/α,β-unsaturated/α-hetero) is 1. The fourth-order valence-corrected chi connectivity index (χ4v) is 2.19. The van der Waals surface area contributed by atoms with Crippen molar-refractivity contribution < 1.29 is 24.5 Å². The SMILES string of the molecule is CCC(CC)NCCNCCNC(=O)[C@H](O)[C@@H](O)C(=O)C(C)(C)OC. The van der Waals surface area contributed by atoms with Gasteiger partial charge in [-0.1, -0.05) is 13.8 Å². The summed E-state index contributed by atoms with van der Waals surface area (Å²) >= 11 is 0. The van der Waals surface area contributed by atoms with E-state index in [0.717, 1.165) is 25.9 Å². The Labute approximate surface area is 150 Å². The van der Waals surface area contributed by atoms with Gasteiger partial charge in [-0.15, -0.1) is 0 Å². The molecule has 0 aliphatic rings. The summed E-state index contributed by atoms with van der Waals surface area (Å²) in [6.07, 6.45) is -1.47. The molecule has 0 aliphatic heterocycles. The topological polar surface area (TPSA) is 120 Å². The molecule has 5 N–H and O–H groups in total. The van der Waals surface area contributed by atoms with Crippen LogP contribution in [0.15, 0.2) is 0 Å². The molecule has 1 amide bonds. The van der Waals surface area contributed by atoms with E-state index in [9.17, 15) is 19.8 Å². The average Bonchev–Trinajstić information content (AvgIpc) is 2.61. The minimum Gasteiger partial charge on any atom is -0.382 e. The summed E-state index contributed by atoms with van der Waals surface area (Å²) in [6.45, 7) is 9.61.